The molecule has 4 aromatic rings. The molecule has 1 aromatic heterocycles. The number of halogens is 1. The summed E-state index contributed by atoms with van der Waals surface area (Å²) < 4.78 is 5.37. The van der Waals surface area contributed by atoms with Crippen LogP contribution >= 0.6 is 11.6 Å². The molecular weight excluding hydrogens is 350 g/mol. The van der Waals surface area contributed by atoms with Gasteiger partial charge in [-0.25, -0.2) is 4.79 Å². The van der Waals surface area contributed by atoms with Crippen LogP contribution < -0.4 is 10.9 Å². The highest BCUT2D eigenvalue weighted by Gasteiger charge is 2.15. The molecule has 0 spiro atoms. The lowest BCUT2D eigenvalue weighted by molar-refractivity contribution is 0.100. The quantitative estimate of drug-likeness (QED) is 0.318. The molecule has 3 aromatic carbocycles. The molecule has 1 N–H and O–H groups in total. The number of Topliss-reactive ketones (excluding diaryl/α,β-unsaturated/α-hetero) is 1. The van der Waals surface area contributed by atoms with E-state index in [0.717, 1.165) is 21.8 Å². The molecule has 0 radical (unpaired) electrons. The Morgan fingerprint density at radius 1 is 0.962 bits per heavy atom. The van der Waals surface area contributed by atoms with Gasteiger partial charge in [0.2, 0.25) is 0 Å². The highest BCUT2D eigenvalue weighted by molar-refractivity contribution is 6.30. The minimum Gasteiger partial charge on any atom is -0.422 e. The van der Waals surface area contributed by atoms with E-state index in [1.54, 1.807) is 36.4 Å². The molecule has 4 nitrogen and oxygen atoms in total. The number of nitrogens with one attached hydrogen (secondary N) is 1. The van der Waals surface area contributed by atoms with Gasteiger partial charge >= 0.3 is 5.63 Å². The SMILES string of the molecule is O=C(CNc1ccc(Cl)cc1)c1cc2c(ccc3ccccc32)oc1=O. The second-order valence-electron chi connectivity index (χ2n) is 5.93. The molecule has 0 aliphatic carbocycles. The van der Waals surface area contributed by atoms with Gasteiger partial charge in [-0.3, -0.25) is 4.79 Å². The number of carbonyl (C=O) groups excluding carboxylic acids is 1. The van der Waals surface area contributed by atoms with E-state index in [0.29, 0.717) is 10.6 Å². The van der Waals surface area contributed by atoms with Crippen LogP contribution in [0.4, 0.5) is 5.69 Å². The van der Waals surface area contributed by atoms with Crippen LogP contribution in [-0.4, -0.2) is 12.3 Å². The second-order valence-corrected chi connectivity index (χ2v) is 6.37. The van der Waals surface area contributed by atoms with Crippen LogP contribution in [0.15, 0.2) is 75.9 Å². The van der Waals surface area contributed by atoms with Crippen molar-refractivity contribution in [3.8, 4) is 0 Å². The van der Waals surface area contributed by atoms with Crippen LogP contribution in [0.3, 0.4) is 0 Å². The molecule has 0 amide bonds. The van der Waals surface area contributed by atoms with Gasteiger partial charge < -0.3 is 9.73 Å². The molecule has 0 saturated carbocycles. The van der Waals surface area contributed by atoms with Gasteiger partial charge in [0, 0.05) is 16.1 Å². The predicted octanol–water partition coefficient (Wildman–Crippen LogP) is 4.89. The van der Waals surface area contributed by atoms with Crippen LogP contribution in [0.2, 0.25) is 5.02 Å². The summed E-state index contributed by atoms with van der Waals surface area (Å²) in [6.07, 6.45) is 0. The number of anilines is 1. The van der Waals surface area contributed by atoms with Crippen molar-refractivity contribution >= 4 is 44.8 Å². The Bertz CT molecular complexity index is 1180. The Morgan fingerprint density at radius 3 is 2.54 bits per heavy atom. The van der Waals surface area contributed by atoms with Crippen molar-refractivity contribution in [3.63, 3.8) is 0 Å². The number of benzene rings is 3. The van der Waals surface area contributed by atoms with Crippen molar-refractivity contribution in [2.24, 2.45) is 0 Å². The molecule has 26 heavy (non-hydrogen) atoms. The van der Waals surface area contributed by atoms with E-state index < -0.39 is 5.63 Å². The molecule has 128 valence electrons. The third-order valence-corrected chi connectivity index (χ3v) is 4.49. The van der Waals surface area contributed by atoms with Gasteiger partial charge in [0.1, 0.15) is 11.1 Å². The molecular formula is C21H14ClNO3. The van der Waals surface area contributed by atoms with Crippen LogP contribution in [0.5, 0.6) is 0 Å². The van der Waals surface area contributed by atoms with E-state index in [2.05, 4.69) is 5.32 Å². The molecule has 0 fully saturated rings. The summed E-state index contributed by atoms with van der Waals surface area (Å²) in [6.45, 7) is -0.0112. The molecule has 0 saturated heterocycles. The Labute approximate surface area is 154 Å². The van der Waals surface area contributed by atoms with E-state index >= 15 is 0 Å². The van der Waals surface area contributed by atoms with Crippen LogP contribution in [0, 0.1) is 0 Å². The van der Waals surface area contributed by atoms with Gasteiger partial charge in [-0.2, -0.15) is 0 Å². The minimum atomic E-state index is -0.629. The third kappa shape index (κ3) is 3.07. The Hall–Kier alpha value is -3.11. The van der Waals surface area contributed by atoms with E-state index in [1.807, 2.05) is 30.3 Å². The average molecular weight is 364 g/mol. The summed E-state index contributed by atoms with van der Waals surface area (Å²) >= 11 is 5.85. The van der Waals surface area contributed by atoms with Crippen molar-refractivity contribution < 1.29 is 9.21 Å². The maximum atomic E-state index is 12.5. The average Bonchev–Trinajstić information content (AvgIpc) is 2.66. The lowest BCUT2D eigenvalue weighted by Gasteiger charge is -2.07. The Kier molecular flexibility index (Phi) is 4.19. The van der Waals surface area contributed by atoms with Gasteiger partial charge in [-0.1, -0.05) is 41.9 Å². The van der Waals surface area contributed by atoms with Crippen LogP contribution in [0.25, 0.3) is 21.7 Å². The zero-order chi connectivity index (χ0) is 18.1. The van der Waals surface area contributed by atoms with Gasteiger partial charge in [-0.05, 0) is 47.2 Å². The van der Waals surface area contributed by atoms with Gasteiger partial charge in [0.05, 0.1) is 6.54 Å². The molecule has 4 rings (SSSR count). The number of hydrogen-bond donors (Lipinski definition) is 1. The molecule has 0 bridgehead atoms. The van der Waals surface area contributed by atoms with Crippen molar-refractivity contribution in [3.05, 3.63) is 87.7 Å². The van der Waals surface area contributed by atoms with Crippen molar-refractivity contribution in [1.82, 2.24) is 0 Å². The molecule has 1 heterocycles. The molecule has 0 aliphatic rings. The van der Waals surface area contributed by atoms with Gasteiger partial charge in [-0.15, -0.1) is 0 Å². The van der Waals surface area contributed by atoms with E-state index in [1.165, 1.54) is 0 Å². The van der Waals surface area contributed by atoms with Crippen LogP contribution in [-0.2, 0) is 0 Å². The summed E-state index contributed by atoms with van der Waals surface area (Å²) in [5, 5.41) is 6.31. The fourth-order valence-electron chi connectivity index (χ4n) is 2.91. The third-order valence-electron chi connectivity index (χ3n) is 4.24. The number of hydrogen-bond acceptors (Lipinski definition) is 4. The van der Waals surface area contributed by atoms with E-state index in [9.17, 15) is 9.59 Å². The highest BCUT2D eigenvalue weighted by atomic mass is 35.5. The first kappa shape index (κ1) is 16.4. The summed E-state index contributed by atoms with van der Waals surface area (Å²) in [4.78, 5) is 24.8. The van der Waals surface area contributed by atoms with Gasteiger partial charge in [0.25, 0.3) is 0 Å². The number of fused-ring (bicyclic) bond motifs is 3. The first-order valence-corrected chi connectivity index (χ1v) is 8.48. The standard InChI is InChI=1S/C21H14ClNO3/c22-14-6-8-15(9-7-14)23-12-19(24)18-11-17-16-4-2-1-3-13(16)5-10-20(17)26-21(18)25/h1-11,23H,12H2. The fraction of sp³-hybridized carbons (Fsp3) is 0.0476. The second kappa shape index (κ2) is 6.65. The van der Waals surface area contributed by atoms with Crippen molar-refractivity contribution in [1.29, 1.82) is 0 Å². The topological polar surface area (TPSA) is 59.3 Å². The molecule has 0 atom stereocenters. The largest absolute Gasteiger partial charge is 0.422 e. The first-order valence-electron chi connectivity index (χ1n) is 8.10. The molecule has 0 aliphatic heterocycles. The normalized spacial score (nSPS) is 11.0. The lowest BCUT2D eigenvalue weighted by atomic mass is 10.0. The smallest absolute Gasteiger partial charge is 0.347 e. The number of rotatable bonds is 4. The minimum absolute atomic E-state index is 0.0112. The first-order chi connectivity index (χ1) is 12.6. The van der Waals surface area contributed by atoms with Crippen LogP contribution in [0.1, 0.15) is 10.4 Å². The highest BCUT2D eigenvalue weighted by Crippen LogP contribution is 2.25. The Morgan fingerprint density at radius 2 is 1.73 bits per heavy atom. The predicted molar refractivity (Wildman–Crippen MR) is 104 cm³/mol. The zero-order valence-corrected chi connectivity index (χ0v) is 14.4. The summed E-state index contributed by atoms with van der Waals surface area (Å²) in [6, 6.07) is 20.0. The number of ketones is 1. The van der Waals surface area contributed by atoms with E-state index in [4.69, 9.17) is 16.0 Å². The summed E-state index contributed by atoms with van der Waals surface area (Å²) in [5.74, 6) is -0.330. The summed E-state index contributed by atoms with van der Waals surface area (Å²) in [5.41, 5.74) is 0.625. The van der Waals surface area contributed by atoms with E-state index in [-0.39, 0.29) is 17.9 Å². The monoisotopic (exact) mass is 363 g/mol. The summed E-state index contributed by atoms with van der Waals surface area (Å²) in [7, 11) is 0. The molecule has 5 heteroatoms. The molecule has 0 unspecified atom stereocenters. The van der Waals surface area contributed by atoms with Crippen molar-refractivity contribution in [2.45, 2.75) is 0 Å². The lowest BCUT2D eigenvalue weighted by Crippen LogP contribution is -2.21. The maximum Gasteiger partial charge on any atom is 0.347 e. The zero-order valence-electron chi connectivity index (χ0n) is 13.7. The van der Waals surface area contributed by atoms with Crippen molar-refractivity contribution in [2.75, 3.05) is 11.9 Å². The Balaban J connectivity index is 1.69. The maximum absolute atomic E-state index is 12.5. The fourth-order valence-corrected chi connectivity index (χ4v) is 3.04. The number of carbonyl (C=O) groups is 1. The van der Waals surface area contributed by atoms with Gasteiger partial charge in [0.15, 0.2) is 5.78 Å².